The van der Waals surface area contributed by atoms with Gasteiger partial charge in [-0.1, -0.05) is 30.3 Å². The van der Waals surface area contributed by atoms with Crippen LogP contribution in [0.1, 0.15) is 34.3 Å². The number of piperidine rings is 1. The highest BCUT2D eigenvalue weighted by atomic mass is 32.2. The number of rotatable bonds is 6. The van der Waals surface area contributed by atoms with Crippen molar-refractivity contribution in [1.82, 2.24) is 14.5 Å². The van der Waals surface area contributed by atoms with Gasteiger partial charge in [-0.2, -0.15) is 4.31 Å². The van der Waals surface area contributed by atoms with Gasteiger partial charge in [0.05, 0.1) is 11.4 Å². The Kier molecular flexibility index (Phi) is 6.52. The summed E-state index contributed by atoms with van der Waals surface area (Å²) in [5.41, 5.74) is 2.09. The fourth-order valence-electron chi connectivity index (χ4n) is 5.05. The Morgan fingerprint density at radius 2 is 1.72 bits per heavy atom. The molecule has 0 aromatic heterocycles. The highest BCUT2D eigenvalue weighted by Gasteiger charge is 2.40. The number of sulfonamides is 1. The van der Waals surface area contributed by atoms with Crippen LogP contribution < -0.4 is 10.2 Å². The van der Waals surface area contributed by atoms with Gasteiger partial charge in [-0.25, -0.2) is 12.8 Å². The molecule has 3 heterocycles. The molecular formula is C25H27FN4O5S. The summed E-state index contributed by atoms with van der Waals surface area (Å²) in [6.07, 6.45) is 0.815. The normalized spacial score (nSPS) is 21.0. The van der Waals surface area contributed by atoms with Crippen LogP contribution in [0.3, 0.4) is 0 Å². The second kappa shape index (κ2) is 9.62. The first-order valence-corrected chi connectivity index (χ1v) is 13.6. The highest BCUT2D eigenvalue weighted by molar-refractivity contribution is 7.89. The van der Waals surface area contributed by atoms with Crippen LogP contribution in [0.15, 0.2) is 42.5 Å². The van der Waals surface area contributed by atoms with E-state index < -0.39 is 33.7 Å². The Hall–Kier alpha value is -3.31. The van der Waals surface area contributed by atoms with E-state index in [4.69, 9.17) is 0 Å². The van der Waals surface area contributed by atoms with Gasteiger partial charge in [0.25, 0.3) is 5.91 Å². The summed E-state index contributed by atoms with van der Waals surface area (Å²) in [5.74, 6) is -1.86. The topological polar surface area (TPSA) is 107 Å². The van der Waals surface area contributed by atoms with E-state index in [0.29, 0.717) is 30.8 Å². The standard InChI is InChI=1S/C25H27FN4O5S/c26-20-15-19-18(16-30(25(19)33)21-6-7-23(31)27-24(21)32)14-22(20)28-9-11-29(12-10-28)36(34,35)13-8-17-4-2-1-3-5-17/h1-5,14-15,21H,6-13,16H2,(H,27,31,32). The SMILES string of the molecule is O=C1CCC(N2Cc3cc(N4CCN(S(=O)(=O)CCc5ccccc5)CC4)c(F)cc3C2=O)C(=O)N1. The van der Waals surface area contributed by atoms with E-state index >= 15 is 4.39 Å². The molecule has 2 fully saturated rings. The molecule has 2 aromatic carbocycles. The van der Waals surface area contributed by atoms with Crippen LogP contribution in [0.5, 0.6) is 0 Å². The van der Waals surface area contributed by atoms with Gasteiger partial charge in [-0.15, -0.1) is 0 Å². The molecule has 0 bridgehead atoms. The lowest BCUT2D eigenvalue weighted by Gasteiger charge is -2.35. The number of amides is 3. The Morgan fingerprint density at radius 1 is 1.00 bits per heavy atom. The minimum atomic E-state index is -3.44. The number of nitrogens with one attached hydrogen (secondary N) is 1. The maximum Gasteiger partial charge on any atom is 0.255 e. The Bertz CT molecular complexity index is 1310. The Balaban J connectivity index is 1.24. The number of imide groups is 1. The number of hydrogen-bond acceptors (Lipinski definition) is 6. The number of anilines is 1. The van der Waals surface area contributed by atoms with Crippen molar-refractivity contribution in [3.05, 3.63) is 65.0 Å². The van der Waals surface area contributed by atoms with Gasteiger partial charge < -0.3 is 9.80 Å². The number of halogens is 1. The predicted octanol–water partition coefficient (Wildman–Crippen LogP) is 1.28. The molecule has 5 rings (SSSR count). The summed E-state index contributed by atoms with van der Waals surface area (Å²) in [4.78, 5) is 39.8. The number of fused-ring (bicyclic) bond motifs is 1. The third-order valence-corrected chi connectivity index (χ3v) is 8.93. The van der Waals surface area contributed by atoms with Crippen LogP contribution >= 0.6 is 0 Å². The molecule has 36 heavy (non-hydrogen) atoms. The largest absolute Gasteiger partial charge is 0.367 e. The summed E-state index contributed by atoms with van der Waals surface area (Å²) < 4.78 is 42.2. The maximum atomic E-state index is 15.1. The summed E-state index contributed by atoms with van der Waals surface area (Å²) in [6, 6.07) is 11.5. The third-order valence-electron chi connectivity index (χ3n) is 7.06. The average molecular weight is 515 g/mol. The molecule has 3 amide bonds. The quantitative estimate of drug-likeness (QED) is 0.582. The van der Waals surface area contributed by atoms with Gasteiger partial charge in [0, 0.05) is 44.7 Å². The summed E-state index contributed by atoms with van der Waals surface area (Å²) in [7, 11) is -3.44. The lowest BCUT2D eigenvalue weighted by Crippen LogP contribution is -2.52. The lowest BCUT2D eigenvalue weighted by molar-refractivity contribution is -0.136. The van der Waals surface area contributed by atoms with Gasteiger partial charge in [0.15, 0.2) is 0 Å². The van der Waals surface area contributed by atoms with Crippen LogP contribution in [0, 0.1) is 5.82 Å². The second-order valence-electron chi connectivity index (χ2n) is 9.30. The molecule has 11 heteroatoms. The number of carbonyl (C=O) groups is 3. The molecule has 3 aliphatic rings. The highest BCUT2D eigenvalue weighted by Crippen LogP contribution is 2.33. The zero-order chi connectivity index (χ0) is 25.4. The molecule has 1 atom stereocenters. The number of hydrogen-bond donors (Lipinski definition) is 1. The molecule has 2 saturated heterocycles. The molecule has 0 radical (unpaired) electrons. The van der Waals surface area contributed by atoms with Crippen LogP contribution in [0.25, 0.3) is 0 Å². The molecule has 1 N–H and O–H groups in total. The van der Waals surface area contributed by atoms with Crippen molar-refractivity contribution in [1.29, 1.82) is 0 Å². The van der Waals surface area contributed by atoms with Gasteiger partial charge in [-0.05, 0) is 36.1 Å². The van der Waals surface area contributed by atoms with E-state index in [2.05, 4.69) is 5.32 Å². The Labute approximate surface area is 208 Å². The minimum Gasteiger partial charge on any atom is -0.367 e. The molecule has 9 nitrogen and oxygen atoms in total. The average Bonchev–Trinajstić information content (AvgIpc) is 3.18. The zero-order valence-electron chi connectivity index (χ0n) is 19.7. The maximum absolute atomic E-state index is 15.1. The van der Waals surface area contributed by atoms with Gasteiger partial charge in [0.2, 0.25) is 21.8 Å². The zero-order valence-corrected chi connectivity index (χ0v) is 20.5. The molecule has 190 valence electrons. The van der Waals surface area contributed by atoms with Crippen molar-refractivity contribution in [2.45, 2.75) is 31.8 Å². The fourth-order valence-corrected chi connectivity index (χ4v) is 6.52. The summed E-state index contributed by atoms with van der Waals surface area (Å²) in [6.45, 7) is 1.29. The first kappa shape index (κ1) is 24.4. The predicted molar refractivity (Wildman–Crippen MR) is 130 cm³/mol. The van der Waals surface area contributed by atoms with E-state index in [-0.39, 0.29) is 49.7 Å². The van der Waals surface area contributed by atoms with Crippen molar-refractivity contribution in [2.24, 2.45) is 0 Å². The molecule has 0 saturated carbocycles. The van der Waals surface area contributed by atoms with Crippen LogP contribution in [0.2, 0.25) is 0 Å². The minimum absolute atomic E-state index is 0.0164. The van der Waals surface area contributed by atoms with Crippen molar-refractivity contribution < 1.29 is 27.2 Å². The van der Waals surface area contributed by atoms with Crippen molar-refractivity contribution in [3.63, 3.8) is 0 Å². The van der Waals surface area contributed by atoms with Crippen LogP contribution in [-0.4, -0.2) is 73.3 Å². The number of aryl methyl sites for hydroxylation is 1. The van der Waals surface area contributed by atoms with E-state index in [1.54, 1.807) is 11.0 Å². The van der Waals surface area contributed by atoms with Crippen molar-refractivity contribution in [2.75, 3.05) is 36.8 Å². The molecule has 2 aromatic rings. The smallest absolute Gasteiger partial charge is 0.255 e. The van der Waals surface area contributed by atoms with Crippen molar-refractivity contribution >= 4 is 33.4 Å². The van der Waals surface area contributed by atoms with Gasteiger partial charge >= 0.3 is 0 Å². The second-order valence-corrected chi connectivity index (χ2v) is 11.4. The number of nitrogens with zero attached hydrogens (tertiary/aromatic N) is 3. The monoisotopic (exact) mass is 514 g/mol. The molecule has 0 aliphatic carbocycles. The molecular weight excluding hydrogens is 487 g/mol. The van der Waals surface area contributed by atoms with Gasteiger partial charge in [0.1, 0.15) is 11.9 Å². The first-order valence-electron chi connectivity index (χ1n) is 12.0. The van der Waals surface area contributed by atoms with E-state index in [9.17, 15) is 22.8 Å². The lowest BCUT2D eigenvalue weighted by atomic mass is 10.0. The molecule has 0 spiro atoms. The van der Waals surface area contributed by atoms with E-state index in [1.165, 1.54) is 15.3 Å². The Morgan fingerprint density at radius 3 is 2.42 bits per heavy atom. The first-order chi connectivity index (χ1) is 17.2. The number of piperazine rings is 1. The van der Waals surface area contributed by atoms with Crippen LogP contribution in [0.4, 0.5) is 10.1 Å². The summed E-state index contributed by atoms with van der Waals surface area (Å²) in [5, 5.41) is 2.25. The third kappa shape index (κ3) is 4.72. The van der Waals surface area contributed by atoms with E-state index in [0.717, 1.165) is 5.56 Å². The summed E-state index contributed by atoms with van der Waals surface area (Å²) >= 11 is 0. The number of carbonyl (C=O) groups excluding carboxylic acids is 3. The molecule has 1 unspecified atom stereocenters. The van der Waals surface area contributed by atoms with Crippen molar-refractivity contribution in [3.8, 4) is 0 Å². The molecule has 3 aliphatic heterocycles. The fraction of sp³-hybridized carbons (Fsp3) is 0.400. The number of benzene rings is 2. The van der Waals surface area contributed by atoms with E-state index in [1.807, 2.05) is 30.3 Å². The van der Waals surface area contributed by atoms with Gasteiger partial charge in [-0.3, -0.25) is 19.7 Å². The van der Waals surface area contributed by atoms with Crippen LogP contribution in [-0.2, 0) is 32.6 Å².